The number of hydrogen-bond acceptors (Lipinski definition) is 0. The van der Waals surface area contributed by atoms with Crippen LogP contribution < -0.4 is 0 Å². The van der Waals surface area contributed by atoms with Crippen LogP contribution in [0.15, 0.2) is 291 Å². The van der Waals surface area contributed by atoms with E-state index in [-0.39, 0.29) is 0 Å². The van der Waals surface area contributed by atoms with E-state index < -0.39 is 0 Å². The second kappa shape index (κ2) is 17.3. The highest BCUT2D eigenvalue weighted by molar-refractivity contribution is 6.22. The lowest BCUT2D eigenvalue weighted by Crippen LogP contribution is -1.94. The lowest BCUT2D eigenvalue weighted by molar-refractivity contribution is 1.18. The lowest BCUT2D eigenvalue weighted by atomic mass is 9.92. The van der Waals surface area contributed by atoms with Crippen LogP contribution in [0.5, 0.6) is 0 Å². The second-order valence-electron chi connectivity index (χ2n) is 22.3. The Bertz CT molecular complexity index is 5330. The molecule has 2 heteroatoms. The van der Waals surface area contributed by atoms with Crippen molar-refractivity contribution in [3.05, 3.63) is 291 Å². The zero-order valence-electron chi connectivity index (χ0n) is 44.6. The molecule has 0 amide bonds. The standard InChI is InChI=1S/C80H48N2/c1-2-16-56(17-3-1)81-74-28-8-6-20-63(74)72-47-53(36-44-76(72)81)49-30-32-50(33-31-49)58-40-43-70-68-26-11-22-60(78(68)71-27-13-24-65(58)80(70)71)51-34-38-57(39-35-51)82-75-29-9-7-21-64(75)73-48-54(37-45-77(73)82)52-14-10-15-55(46-52)59-41-42-69-62-19-5-4-18-61(62)67-25-12-23-66(59)79(67)69/h1-48H. The molecule has 2 heterocycles. The van der Waals surface area contributed by atoms with Crippen LogP contribution in [0, 0.1) is 0 Å². The van der Waals surface area contributed by atoms with Crippen LogP contribution >= 0.6 is 0 Å². The molecule has 2 aliphatic carbocycles. The van der Waals surface area contributed by atoms with Crippen LogP contribution in [0.4, 0.5) is 0 Å². The van der Waals surface area contributed by atoms with E-state index in [9.17, 15) is 0 Å². The fourth-order valence-corrected chi connectivity index (χ4v) is 14.4. The van der Waals surface area contributed by atoms with Gasteiger partial charge < -0.3 is 9.13 Å². The summed E-state index contributed by atoms with van der Waals surface area (Å²) in [6.45, 7) is 0. The molecule has 2 nitrogen and oxygen atoms in total. The molecule has 0 fully saturated rings. The van der Waals surface area contributed by atoms with E-state index in [0.29, 0.717) is 0 Å². The summed E-state index contributed by atoms with van der Waals surface area (Å²) in [5.74, 6) is 0. The van der Waals surface area contributed by atoms with Crippen molar-refractivity contribution in [2.75, 3.05) is 0 Å². The third-order valence-corrected chi connectivity index (χ3v) is 18.0. The third-order valence-electron chi connectivity index (χ3n) is 18.0. The van der Waals surface area contributed by atoms with Gasteiger partial charge in [0.15, 0.2) is 0 Å². The Kier molecular flexibility index (Phi) is 9.54. The number of aromatic nitrogens is 2. The van der Waals surface area contributed by atoms with Crippen molar-refractivity contribution in [1.82, 2.24) is 9.13 Å². The number of benzene rings is 14. The minimum atomic E-state index is 1.14. The Morgan fingerprint density at radius 2 is 0.561 bits per heavy atom. The van der Waals surface area contributed by atoms with Crippen LogP contribution in [-0.2, 0) is 0 Å². The maximum atomic E-state index is 2.43. The first kappa shape index (κ1) is 45.1. The van der Waals surface area contributed by atoms with E-state index >= 15 is 0 Å². The maximum absolute atomic E-state index is 2.43. The first-order valence-electron chi connectivity index (χ1n) is 28.5. The molecule has 18 rings (SSSR count). The Morgan fingerprint density at radius 1 is 0.171 bits per heavy atom. The van der Waals surface area contributed by atoms with Gasteiger partial charge in [-0.1, -0.05) is 224 Å². The highest BCUT2D eigenvalue weighted by Gasteiger charge is 2.27. The first-order chi connectivity index (χ1) is 40.7. The molecule has 2 aliphatic rings. The Morgan fingerprint density at radius 3 is 1.24 bits per heavy atom. The first-order valence-corrected chi connectivity index (χ1v) is 28.5. The minimum Gasteiger partial charge on any atom is -0.309 e. The summed E-state index contributed by atoms with van der Waals surface area (Å²) in [7, 11) is 0. The number of fused-ring (bicyclic) bond motifs is 12. The average Bonchev–Trinajstić information content (AvgIpc) is 4.32. The number of hydrogen-bond donors (Lipinski definition) is 0. The number of nitrogens with zero attached hydrogens (tertiary/aromatic N) is 2. The lowest BCUT2D eigenvalue weighted by Gasteiger charge is -2.13. The highest BCUT2D eigenvalue weighted by Crippen LogP contribution is 2.54. The monoisotopic (exact) mass is 1040 g/mol. The Hall–Kier alpha value is -10.8. The summed E-state index contributed by atoms with van der Waals surface area (Å²) in [5.41, 5.74) is 29.9. The van der Waals surface area contributed by atoms with Crippen molar-refractivity contribution < 1.29 is 0 Å². The molecule has 0 saturated carbocycles. The van der Waals surface area contributed by atoms with E-state index in [1.165, 1.54) is 171 Å². The number of para-hydroxylation sites is 3. The van der Waals surface area contributed by atoms with Gasteiger partial charge in [-0.05, 0) is 188 Å². The van der Waals surface area contributed by atoms with Crippen LogP contribution in [0.1, 0.15) is 0 Å². The molecule has 0 saturated heterocycles. The van der Waals surface area contributed by atoms with Gasteiger partial charge in [0.25, 0.3) is 0 Å². The van der Waals surface area contributed by atoms with E-state index in [1.54, 1.807) is 0 Å². The van der Waals surface area contributed by atoms with Crippen molar-refractivity contribution in [3.8, 4) is 112 Å². The van der Waals surface area contributed by atoms with Gasteiger partial charge in [-0.25, -0.2) is 0 Å². The molecule has 0 unspecified atom stereocenters. The van der Waals surface area contributed by atoms with Crippen molar-refractivity contribution in [2.24, 2.45) is 0 Å². The summed E-state index contributed by atoms with van der Waals surface area (Å²) in [4.78, 5) is 0. The van der Waals surface area contributed by atoms with Gasteiger partial charge in [0, 0.05) is 32.9 Å². The molecule has 2 aromatic heterocycles. The summed E-state index contributed by atoms with van der Waals surface area (Å²) >= 11 is 0. The van der Waals surface area contributed by atoms with Crippen LogP contribution in [0.25, 0.3) is 177 Å². The average molecular weight is 1040 g/mol. The molecule has 0 aliphatic heterocycles. The molecule has 82 heavy (non-hydrogen) atoms. The molecule has 0 N–H and O–H groups in total. The SMILES string of the molecule is c1ccc(-n2c3ccccc3c3cc(-c4ccc(-c5ccc6c7c(cccc57)-c5c(-c7ccc(-n8c9ccccc9c9cc(-c%10cccc(-c%11ccc%12c%13c(cccc%11%13)-c%11ccccc%11-%12)c%10)ccc98)cc7)cccc5-6)cc4)ccc32)cc1. The van der Waals surface area contributed by atoms with Gasteiger partial charge in [-0.2, -0.15) is 0 Å². The zero-order valence-corrected chi connectivity index (χ0v) is 44.6. The van der Waals surface area contributed by atoms with Gasteiger partial charge in [-0.15, -0.1) is 0 Å². The third kappa shape index (κ3) is 6.52. The molecule has 0 atom stereocenters. The van der Waals surface area contributed by atoms with Gasteiger partial charge >= 0.3 is 0 Å². The molecular formula is C80H48N2. The summed E-state index contributed by atoms with van der Waals surface area (Å²) in [6.07, 6.45) is 0. The molecule has 0 spiro atoms. The maximum Gasteiger partial charge on any atom is 0.0541 e. The van der Waals surface area contributed by atoms with E-state index in [0.717, 1.165) is 5.69 Å². The largest absolute Gasteiger partial charge is 0.309 e. The fourth-order valence-electron chi connectivity index (χ4n) is 14.4. The van der Waals surface area contributed by atoms with Gasteiger partial charge in [0.05, 0.1) is 22.1 Å². The summed E-state index contributed by atoms with van der Waals surface area (Å²) < 4.78 is 4.81. The molecule has 14 aromatic carbocycles. The van der Waals surface area contributed by atoms with Crippen molar-refractivity contribution in [1.29, 1.82) is 0 Å². The molecular weight excluding hydrogens is 989 g/mol. The highest BCUT2D eigenvalue weighted by atomic mass is 15.0. The predicted molar refractivity (Wildman–Crippen MR) is 346 cm³/mol. The fraction of sp³-hybridized carbons (Fsp3) is 0. The Labute approximate surface area is 474 Å². The van der Waals surface area contributed by atoms with Gasteiger partial charge in [0.2, 0.25) is 0 Å². The summed E-state index contributed by atoms with van der Waals surface area (Å²) in [6, 6.07) is 108. The van der Waals surface area contributed by atoms with Crippen molar-refractivity contribution >= 4 is 65.2 Å². The predicted octanol–water partition coefficient (Wildman–Crippen LogP) is 21.8. The molecule has 16 aromatic rings. The van der Waals surface area contributed by atoms with E-state index in [4.69, 9.17) is 0 Å². The van der Waals surface area contributed by atoms with Gasteiger partial charge in [0.1, 0.15) is 0 Å². The van der Waals surface area contributed by atoms with Crippen molar-refractivity contribution in [2.45, 2.75) is 0 Å². The Balaban J connectivity index is 0.666. The quantitative estimate of drug-likeness (QED) is 0.151. The molecule has 378 valence electrons. The van der Waals surface area contributed by atoms with Crippen LogP contribution in [-0.4, -0.2) is 9.13 Å². The van der Waals surface area contributed by atoms with Crippen LogP contribution in [0.3, 0.4) is 0 Å². The summed E-state index contributed by atoms with van der Waals surface area (Å²) in [5, 5.41) is 10.3. The second-order valence-corrected chi connectivity index (χ2v) is 22.3. The minimum absolute atomic E-state index is 1.14. The van der Waals surface area contributed by atoms with Crippen molar-refractivity contribution in [3.63, 3.8) is 0 Å². The van der Waals surface area contributed by atoms with Gasteiger partial charge in [-0.3, -0.25) is 0 Å². The smallest absolute Gasteiger partial charge is 0.0541 e. The number of rotatable bonds is 7. The molecule has 0 radical (unpaired) electrons. The van der Waals surface area contributed by atoms with E-state index in [1.807, 2.05) is 0 Å². The van der Waals surface area contributed by atoms with Crippen LogP contribution in [0.2, 0.25) is 0 Å². The normalized spacial score (nSPS) is 12.1. The molecule has 0 bridgehead atoms. The zero-order chi connectivity index (χ0) is 53.6. The topological polar surface area (TPSA) is 9.86 Å². The van der Waals surface area contributed by atoms with E-state index in [2.05, 4.69) is 300 Å².